The number of nitrogens with zero attached hydrogens (tertiary/aromatic N) is 2. The minimum Gasteiger partial charge on any atom is -0.468 e. The molecule has 0 atom stereocenters. The molecule has 19 heavy (non-hydrogen) atoms. The highest BCUT2D eigenvalue weighted by Crippen LogP contribution is 2.35. The summed E-state index contributed by atoms with van der Waals surface area (Å²) in [6.07, 6.45) is -3.89. The van der Waals surface area contributed by atoms with Crippen LogP contribution in [0.4, 0.5) is 13.2 Å². The van der Waals surface area contributed by atoms with Crippen molar-refractivity contribution in [3.8, 4) is 0 Å². The zero-order valence-corrected chi connectivity index (χ0v) is 10.1. The number of carbonyl (C=O) groups is 2. The van der Waals surface area contributed by atoms with Gasteiger partial charge in [0.15, 0.2) is 11.5 Å². The molecule has 0 radical (unpaired) electrons. The molecule has 0 N–H and O–H groups in total. The van der Waals surface area contributed by atoms with Gasteiger partial charge in [0.1, 0.15) is 6.54 Å². The van der Waals surface area contributed by atoms with E-state index in [1.165, 1.54) is 0 Å². The standard InChI is InChI=1S/C11H11F3N2O3/c1-19-8(18)5-16-6-3-2-4-7(17)9(6)10(15-16)11(12,13)14/h2-5H2,1H3. The van der Waals surface area contributed by atoms with Crippen molar-refractivity contribution in [1.29, 1.82) is 0 Å². The van der Waals surface area contributed by atoms with Crippen LogP contribution >= 0.6 is 0 Å². The number of carbonyl (C=O) groups excluding carboxylic acids is 2. The van der Waals surface area contributed by atoms with Gasteiger partial charge in [-0.25, -0.2) is 0 Å². The molecule has 1 aliphatic rings. The second-order valence-corrected chi connectivity index (χ2v) is 4.18. The van der Waals surface area contributed by atoms with E-state index in [0.717, 1.165) is 11.8 Å². The van der Waals surface area contributed by atoms with Crippen molar-refractivity contribution in [3.63, 3.8) is 0 Å². The van der Waals surface area contributed by atoms with Gasteiger partial charge in [0.25, 0.3) is 0 Å². The largest absolute Gasteiger partial charge is 0.468 e. The van der Waals surface area contributed by atoms with Crippen molar-refractivity contribution in [1.82, 2.24) is 9.78 Å². The summed E-state index contributed by atoms with van der Waals surface area (Å²) < 4.78 is 43.8. The van der Waals surface area contributed by atoms with Crippen molar-refractivity contribution in [2.75, 3.05) is 7.11 Å². The summed E-state index contributed by atoms with van der Waals surface area (Å²) in [5.74, 6) is -1.29. The summed E-state index contributed by atoms with van der Waals surface area (Å²) >= 11 is 0. The average molecular weight is 276 g/mol. The normalized spacial score (nSPS) is 15.3. The molecule has 8 heteroatoms. The van der Waals surface area contributed by atoms with E-state index in [-0.39, 0.29) is 12.1 Å². The van der Waals surface area contributed by atoms with E-state index >= 15 is 0 Å². The highest BCUT2D eigenvalue weighted by molar-refractivity contribution is 5.99. The van der Waals surface area contributed by atoms with E-state index in [4.69, 9.17) is 0 Å². The Labute approximate surface area is 106 Å². The molecular weight excluding hydrogens is 265 g/mol. The van der Waals surface area contributed by atoms with E-state index in [0.29, 0.717) is 12.8 Å². The molecule has 1 heterocycles. The number of Topliss-reactive ketones (excluding diaryl/α,β-unsaturated/α-hetero) is 1. The van der Waals surface area contributed by atoms with Gasteiger partial charge in [-0.05, 0) is 12.8 Å². The van der Waals surface area contributed by atoms with Crippen LogP contribution in [0.2, 0.25) is 0 Å². The second kappa shape index (κ2) is 4.67. The Bertz CT molecular complexity index is 534. The number of fused-ring (bicyclic) bond motifs is 1. The van der Waals surface area contributed by atoms with Crippen molar-refractivity contribution < 1.29 is 27.5 Å². The molecule has 0 saturated carbocycles. The third kappa shape index (κ3) is 2.47. The predicted molar refractivity (Wildman–Crippen MR) is 56.5 cm³/mol. The maximum Gasteiger partial charge on any atom is 0.435 e. The molecule has 5 nitrogen and oxygen atoms in total. The van der Waals surface area contributed by atoms with Gasteiger partial charge in [0.2, 0.25) is 0 Å². The Hall–Kier alpha value is -1.86. The highest BCUT2D eigenvalue weighted by Gasteiger charge is 2.42. The van der Waals surface area contributed by atoms with Crippen molar-refractivity contribution in [3.05, 3.63) is 17.0 Å². The molecule has 104 valence electrons. The van der Waals surface area contributed by atoms with Crippen molar-refractivity contribution in [2.24, 2.45) is 0 Å². The van der Waals surface area contributed by atoms with Crippen LogP contribution in [0, 0.1) is 0 Å². The predicted octanol–water partition coefficient (Wildman–Crippen LogP) is 1.59. The number of rotatable bonds is 2. The summed E-state index contributed by atoms with van der Waals surface area (Å²) in [5.41, 5.74) is -1.45. The average Bonchev–Trinajstić information content (AvgIpc) is 2.69. The lowest BCUT2D eigenvalue weighted by Gasteiger charge is -2.13. The van der Waals surface area contributed by atoms with Crippen LogP contribution in [0.15, 0.2) is 0 Å². The Balaban J connectivity index is 2.52. The molecule has 0 unspecified atom stereocenters. The van der Waals surface area contributed by atoms with E-state index in [1.807, 2.05) is 0 Å². The Morgan fingerprint density at radius 2 is 2.11 bits per heavy atom. The molecule has 1 aliphatic carbocycles. The number of ketones is 1. The van der Waals surface area contributed by atoms with Gasteiger partial charge in [-0.3, -0.25) is 14.3 Å². The Morgan fingerprint density at radius 1 is 1.42 bits per heavy atom. The lowest BCUT2D eigenvalue weighted by Crippen LogP contribution is -2.18. The molecule has 1 aromatic heterocycles. The van der Waals surface area contributed by atoms with Crippen molar-refractivity contribution in [2.45, 2.75) is 32.0 Å². The van der Waals surface area contributed by atoms with Crippen LogP contribution in [-0.4, -0.2) is 28.6 Å². The fourth-order valence-electron chi connectivity index (χ4n) is 2.10. The fourth-order valence-corrected chi connectivity index (χ4v) is 2.10. The smallest absolute Gasteiger partial charge is 0.435 e. The molecule has 0 spiro atoms. The zero-order valence-electron chi connectivity index (χ0n) is 10.1. The summed E-state index contributed by atoms with van der Waals surface area (Å²) in [6.45, 7) is -0.428. The molecular formula is C11H11F3N2O3. The summed E-state index contributed by atoms with van der Waals surface area (Å²) in [7, 11) is 1.13. The van der Waals surface area contributed by atoms with Crippen LogP contribution in [0.25, 0.3) is 0 Å². The van der Waals surface area contributed by atoms with Gasteiger partial charge in [0.05, 0.1) is 18.4 Å². The number of halogens is 3. The SMILES string of the molecule is COC(=O)Cn1nc(C(F)(F)F)c2c1CCCC2=O. The van der Waals surface area contributed by atoms with E-state index in [2.05, 4.69) is 9.84 Å². The quantitative estimate of drug-likeness (QED) is 0.770. The number of hydrogen-bond acceptors (Lipinski definition) is 4. The molecule has 0 fully saturated rings. The minimum atomic E-state index is -4.71. The Kier molecular flexibility index (Phi) is 3.34. The van der Waals surface area contributed by atoms with Crippen LogP contribution in [0.1, 0.15) is 34.6 Å². The highest BCUT2D eigenvalue weighted by atomic mass is 19.4. The summed E-state index contributed by atoms with van der Waals surface area (Å²) in [5, 5.41) is 3.37. The van der Waals surface area contributed by atoms with Crippen LogP contribution < -0.4 is 0 Å². The number of esters is 1. The number of hydrogen-bond donors (Lipinski definition) is 0. The van der Waals surface area contributed by atoms with Crippen LogP contribution in [0.3, 0.4) is 0 Å². The number of alkyl halides is 3. The van der Waals surface area contributed by atoms with E-state index < -0.39 is 35.7 Å². The lowest BCUT2D eigenvalue weighted by atomic mass is 9.94. The summed E-state index contributed by atoms with van der Waals surface area (Å²) in [4.78, 5) is 22.8. The first-order valence-corrected chi connectivity index (χ1v) is 5.61. The molecule has 2 rings (SSSR count). The first-order valence-electron chi connectivity index (χ1n) is 5.61. The molecule has 0 aromatic carbocycles. The first kappa shape index (κ1) is 13.6. The second-order valence-electron chi connectivity index (χ2n) is 4.18. The molecule has 0 amide bonds. The third-order valence-electron chi connectivity index (χ3n) is 2.93. The maximum atomic E-state index is 12.8. The van der Waals surface area contributed by atoms with E-state index in [1.54, 1.807) is 0 Å². The van der Waals surface area contributed by atoms with Gasteiger partial charge in [-0.2, -0.15) is 18.3 Å². The Morgan fingerprint density at radius 3 is 2.68 bits per heavy atom. The van der Waals surface area contributed by atoms with Gasteiger partial charge < -0.3 is 4.74 Å². The number of methoxy groups -OCH3 is 1. The van der Waals surface area contributed by atoms with Gasteiger partial charge >= 0.3 is 12.1 Å². The van der Waals surface area contributed by atoms with E-state index in [9.17, 15) is 22.8 Å². The molecule has 0 saturated heterocycles. The zero-order chi connectivity index (χ0) is 14.2. The molecule has 0 aliphatic heterocycles. The lowest BCUT2D eigenvalue weighted by molar-refractivity contribution is -0.144. The van der Waals surface area contributed by atoms with Crippen LogP contribution in [0.5, 0.6) is 0 Å². The third-order valence-corrected chi connectivity index (χ3v) is 2.93. The molecule has 1 aromatic rings. The fraction of sp³-hybridized carbons (Fsp3) is 0.545. The minimum absolute atomic E-state index is 0.0694. The summed E-state index contributed by atoms with van der Waals surface area (Å²) in [6, 6.07) is 0. The van der Waals surface area contributed by atoms with Crippen molar-refractivity contribution >= 4 is 11.8 Å². The van der Waals surface area contributed by atoms with Gasteiger partial charge in [-0.15, -0.1) is 0 Å². The monoisotopic (exact) mass is 276 g/mol. The maximum absolute atomic E-state index is 12.8. The van der Waals surface area contributed by atoms with Gasteiger partial charge in [0, 0.05) is 6.42 Å². The topological polar surface area (TPSA) is 61.2 Å². The van der Waals surface area contributed by atoms with Crippen LogP contribution in [-0.2, 0) is 28.7 Å². The molecule has 0 bridgehead atoms. The number of ether oxygens (including phenoxy) is 1. The number of aromatic nitrogens is 2. The first-order chi connectivity index (χ1) is 8.84. The van der Waals surface area contributed by atoms with Gasteiger partial charge in [-0.1, -0.05) is 0 Å².